The fraction of sp³-hybridized carbons (Fsp3) is 0.318. The molecule has 1 heterocycles. The van der Waals surface area contributed by atoms with E-state index < -0.39 is 5.91 Å². The van der Waals surface area contributed by atoms with Gasteiger partial charge in [0.05, 0.1) is 28.2 Å². The number of rotatable bonds is 5. The maximum Gasteiger partial charge on any atom is 0.253 e. The number of hydrogen-bond donors (Lipinski definition) is 1. The minimum Gasteiger partial charge on any atom is -0.338 e. The van der Waals surface area contributed by atoms with Crippen molar-refractivity contribution in [2.45, 2.75) is 12.8 Å². The highest BCUT2D eigenvalue weighted by molar-refractivity contribution is 6.39. The molecule has 1 saturated heterocycles. The number of benzene rings is 2. The summed E-state index contributed by atoms with van der Waals surface area (Å²) in [4.78, 5) is 41.1. The van der Waals surface area contributed by atoms with E-state index in [2.05, 4.69) is 5.32 Å². The molecule has 1 aliphatic rings. The number of anilines is 1. The zero-order valence-corrected chi connectivity index (χ0v) is 19.2. The van der Waals surface area contributed by atoms with Crippen LogP contribution in [-0.2, 0) is 9.59 Å². The summed E-state index contributed by atoms with van der Waals surface area (Å²) in [6, 6.07) is 11.6. The van der Waals surface area contributed by atoms with Gasteiger partial charge in [0, 0.05) is 30.7 Å². The van der Waals surface area contributed by atoms with E-state index in [0.29, 0.717) is 52.2 Å². The summed E-state index contributed by atoms with van der Waals surface area (Å²) in [6.07, 6.45) is 1.37. The van der Waals surface area contributed by atoms with Gasteiger partial charge in [0.25, 0.3) is 5.91 Å². The van der Waals surface area contributed by atoms with Crippen LogP contribution in [0.5, 0.6) is 0 Å². The Labute approximate surface area is 196 Å². The van der Waals surface area contributed by atoms with Crippen molar-refractivity contribution in [2.75, 3.05) is 32.0 Å². The van der Waals surface area contributed by atoms with E-state index >= 15 is 0 Å². The Morgan fingerprint density at radius 3 is 2.35 bits per heavy atom. The maximum absolute atomic E-state index is 12.9. The van der Waals surface area contributed by atoms with Crippen LogP contribution >= 0.6 is 34.8 Å². The lowest BCUT2D eigenvalue weighted by Gasteiger charge is -2.34. The predicted octanol–water partition coefficient (Wildman–Crippen LogP) is 4.60. The van der Waals surface area contributed by atoms with Gasteiger partial charge in [0.15, 0.2) is 0 Å². The second-order valence-electron chi connectivity index (χ2n) is 7.44. The highest BCUT2D eigenvalue weighted by atomic mass is 35.5. The third-order valence-corrected chi connectivity index (χ3v) is 6.02. The molecule has 0 bridgehead atoms. The van der Waals surface area contributed by atoms with E-state index in [9.17, 15) is 14.4 Å². The van der Waals surface area contributed by atoms with Crippen LogP contribution in [0.3, 0.4) is 0 Å². The minimum atomic E-state index is -0.407. The summed E-state index contributed by atoms with van der Waals surface area (Å²) in [5, 5.41) is 3.84. The fourth-order valence-electron chi connectivity index (χ4n) is 3.54. The van der Waals surface area contributed by atoms with Crippen molar-refractivity contribution < 1.29 is 14.4 Å². The van der Waals surface area contributed by atoms with Crippen LogP contribution in [0.2, 0.25) is 15.1 Å². The Bertz CT molecular complexity index is 961. The predicted molar refractivity (Wildman–Crippen MR) is 123 cm³/mol. The average molecular weight is 483 g/mol. The number of para-hydroxylation sites is 1. The molecular weight excluding hydrogens is 461 g/mol. The first-order chi connectivity index (χ1) is 14.8. The molecule has 0 radical (unpaired) electrons. The number of amides is 3. The van der Waals surface area contributed by atoms with Gasteiger partial charge in [0.2, 0.25) is 11.8 Å². The van der Waals surface area contributed by atoms with Crippen LogP contribution in [0.1, 0.15) is 23.2 Å². The van der Waals surface area contributed by atoms with E-state index in [0.717, 1.165) is 0 Å². The molecule has 2 aromatic carbocycles. The number of halogens is 3. The monoisotopic (exact) mass is 481 g/mol. The van der Waals surface area contributed by atoms with Gasteiger partial charge in [-0.25, -0.2) is 0 Å². The summed E-state index contributed by atoms with van der Waals surface area (Å²) < 4.78 is 0. The molecular formula is C22H22Cl3N3O3. The first-order valence-corrected chi connectivity index (χ1v) is 10.9. The Hall–Kier alpha value is -2.28. The SMILES string of the molecule is CN(CC(=O)Nc1c(Cl)cccc1Cl)C(=O)C1CCCN(C(=O)c2ccc(Cl)cc2)C1. The smallest absolute Gasteiger partial charge is 0.253 e. The van der Waals surface area contributed by atoms with Crippen molar-refractivity contribution in [3.8, 4) is 0 Å². The van der Waals surface area contributed by atoms with Crippen LogP contribution in [-0.4, -0.2) is 54.2 Å². The maximum atomic E-state index is 12.9. The number of nitrogens with zero attached hydrogens (tertiary/aromatic N) is 2. The zero-order valence-electron chi connectivity index (χ0n) is 16.9. The third-order valence-electron chi connectivity index (χ3n) is 5.13. The topological polar surface area (TPSA) is 69.7 Å². The van der Waals surface area contributed by atoms with E-state index in [1.54, 1.807) is 54.4 Å². The largest absolute Gasteiger partial charge is 0.338 e. The summed E-state index contributed by atoms with van der Waals surface area (Å²) in [6.45, 7) is 0.741. The van der Waals surface area contributed by atoms with Gasteiger partial charge in [-0.2, -0.15) is 0 Å². The molecule has 164 valence electrons. The Morgan fingerprint density at radius 1 is 1.06 bits per heavy atom. The number of carbonyl (C=O) groups excluding carboxylic acids is 3. The molecule has 1 atom stereocenters. The average Bonchev–Trinajstić information content (AvgIpc) is 2.76. The molecule has 6 nitrogen and oxygen atoms in total. The molecule has 0 saturated carbocycles. The number of likely N-dealkylation sites (tertiary alicyclic amines) is 1. The molecule has 0 spiro atoms. The van der Waals surface area contributed by atoms with Crippen LogP contribution in [0, 0.1) is 5.92 Å². The van der Waals surface area contributed by atoms with Crippen molar-refractivity contribution in [2.24, 2.45) is 5.92 Å². The third kappa shape index (κ3) is 5.91. The molecule has 3 rings (SSSR count). The Balaban J connectivity index is 1.59. The van der Waals surface area contributed by atoms with Crippen molar-refractivity contribution in [1.82, 2.24) is 9.80 Å². The fourth-order valence-corrected chi connectivity index (χ4v) is 4.16. The number of likely N-dealkylation sites (N-methyl/N-ethyl adjacent to an activating group) is 1. The molecule has 1 N–H and O–H groups in total. The van der Waals surface area contributed by atoms with Gasteiger partial charge >= 0.3 is 0 Å². The lowest BCUT2D eigenvalue weighted by molar-refractivity contribution is -0.138. The van der Waals surface area contributed by atoms with Gasteiger partial charge in [-0.05, 0) is 49.2 Å². The number of nitrogens with one attached hydrogen (secondary N) is 1. The number of hydrogen-bond acceptors (Lipinski definition) is 3. The highest BCUT2D eigenvalue weighted by Gasteiger charge is 2.31. The van der Waals surface area contributed by atoms with Gasteiger partial charge in [-0.3, -0.25) is 14.4 Å². The van der Waals surface area contributed by atoms with Crippen molar-refractivity contribution in [3.05, 3.63) is 63.1 Å². The minimum absolute atomic E-state index is 0.136. The standard InChI is InChI=1S/C22H22Cl3N3O3/c1-27(13-19(29)26-20-17(24)5-2-6-18(20)25)21(30)15-4-3-11-28(12-15)22(31)14-7-9-16(23)10-8-14/h2,5-10,15H,3-4,11-13H2,1H3,(H,26,29). The van der Waals surface area contributed by atoms with Crippen LogP contribution < -0.4 is 5.32 Å². The summed E-state index contributed by atoms with van der Waals surface area (Å²) >= 11 is 18.0. The van der Waals surface area contributed by atoms with Crippen LogP contribution in [0.15, 0.2) is 42.5 Å². The summed E-state index contributed by atoms with van der Waals surface area (Å²) in [5.41, 5.74) is 0.843. The first kappa shape index (κ1) is 23.4. The second kappa shape index (κ2) is 10.4. The molecule has 31 heavy (non-hydrogen) atoms. The van der Waals surface area contributed by atoms with Crippen LogP contribution in [0.25, 0.3) is 0 Å². The van der Waals surface area contributed by atoms with E-state index in [4.69, 9.17) is 34.8 Å². The van der Waals surface area contributed by atoms with E-state index in [1.807, 2.05) is 0 Å². The molecule has 0 aromatic heterocycles. The van der Waals surface area contributed by atoms with Crippen molar-refractivity contribution in [1.29, 1.82) is 0 Å². The van der Waals surface area contributed by atoms with E-state index in [1.165, 1.54) is 4.90 Å². The van der Waals surface area contributed by atoms with Gasteiger partial charge < -0.3 is 15.1 Å². The van der Waals surface area contributed by atoms with Gasteiger partial charge in [-0.15, -0.1) is 0 Å². The molecule has 1 unspecified atom stereocenters. The highest BCUT2D eigenvalue weighted by Crippen LogP contribution is 2.29. The van der Waals surface area contributed by atoms with E-state index in [-0.39, 0.29) is 24.3 Å². The lowest BCUT2D eigenvalue weighted by atomic mass is 9.96. The quantitative estimate of drug-likeness (QED) is 0.677. The molecule has 0 aliphatic carbocycles. The normalized spacial score (nSPS) is 16.0. The Morgan fingerprint density at radius 2 is 1.71 bits per heavy atom. The van der Waals surface area contributed by atoms with Crippen molar-refractivity contribution in [3.63, 3.8) is 0 Å². The second-order valence-corrected chi connectivity index (χ2v) is 8.69. The first-order valence-electron chi connectivity index (χ1n) is 9.80. The Kier molecular flexibility index (Phi) is 7.81. The van der Waals surface area contributed by atoms with Crippen molar-refractivity contribution >= 4 is 58.2 Å². The number of piperidine rings is 1. The summed E-state index contributed by atoms with van der Waals surface area (Å²) in [5.74, 6) is -1.10. The molecule has 3 amide bonds. The zero-order chi connectivity index (χ0) is 22.5. The molecule has 9 heteroatoms. The van der Waals surface area contributed by atoms with Crippen LogP contribution in [0.4, 0.5) is 5.69 Å². The van der Waals surface area contributed by atoms with Gasteiger partial charge in [0.1, 0.15) is 0 Å². The molecule has 1 aliphatic heterocycles. The molecule has 2 aromatic rings. The summed E-state index contributed by atoms with van der Waals surface area (Å²) in [7, 11) is 1.57. The lowest BCUT2D eigenvalue weighted by Crippen LogP contribution is -2.47. The number of carbonyl (C=O) groups is 3. The van der Waals surface area contributed by atoms with Gasteiger partial charge in [-0.1, -0.05) is 40.9 Å². The molecule has 1 fully saturated rings.